The van der Waals surface area contributed by atoms with E-state index in [4.69, 9.17) is 18.8 Å². The third-order valence-electron chi connectivity index (χ3n) is 6.27. The first kappa shape index (κ1) is 26.5. The lowest BCUT2D eigenvalue weighted by Gasteiger charge is -2.27. The first-order valence-corrected chi connectivity index (χ1v) is 12.7. The maximum absolute atomic E-state index is 11.7. The molecule has 2 aliphatic rings. The van der Waals surface area contributed by atoms with Gasteiger partial charge in [0.1, 0.15) is 18.5 Å². The zero-order valence-corrected chi connectivity index (χ0v) is 20.7. The van der Waals surface area contributed by atoms with Crippen LogP contribution in [0.3, 0.4) is 0 Å². The largest absolute Gasteiger partial charge is 0.491 e. The average molecular weight is 470 g/mol. The van der Waals surface area contributed by atoms with Gasteiger partial charge in [0.25, 0.3) is 0 Å². The van der Waals surface area contributed by atoms with Crippen molar-refractivity contribution in [3.05, 3.63) is 54.6 Å². The van der Waals surface area contributed by atoms with Crippen molar-refractivity contribution >= 4 is 13.1 Å². The maximum Gasteiger partial charge on any atom is 0.456 e. The predicted molar refractivity (Wildman–Crippen MR) is 133 cm³/mol. The second-order valence-electron chi connectivity index (χ2n) is 9.38. The molecule has 1 saturated carbocycles. The Labute approximate surface area is 204 Å². The Morgan fingerprint density at radius 2 is 1.97 bits per heavy atom. The number of aliphatic hydroxyl groups is 1. The molecule has 1 heterocycles. The molecule has 1 saturated heterocycles. The highest BCUT2D eigenvalue weighted by Crippen LogP contribution is 2.43. The van der Waals surface area contributed by atoms with Crippen LogP contribution in [0, 0.1) is 11.8 Å². The van der Waals surface area contributed by atoms with Gasteiger partial charge in [0, 0.05) is 18.4 Å². The minimum absolute atomic E-state index is 0.0626. The summed E-state index contributed by atoms with van der Waals surface area (Å²) in [5, 5.41) is 10.4. The molecule has 0 radical (unpaired) electrons. The molecule has 1 aromatic carbocycles. The van der Waals surface area contributed by atoms with E-state index in [9.17, 15) is 9.90 Å². The topological polar surface area (TPSA) is 74.2 Å². The van der Waals surface area contributed by atoms with E-state index in [1.807, 2.05) is 50.3 Å². The summed E-state index contributed by atoms with van der Waals surface area (Å²) in [6, 6.07) is 9.51. The van der Waals surface area contributed by atoms with E-state index in [-0.39, 0.29) is 43.9 Å². The van der Waals surface area contributed by atoms with Gasteiger partial charge in [-0.25, -0.2) is 0 Å². The normalized spacial score (nSPS) is 25.4. The Kier molecular flexibility index (Phi) is 10.7. The molecule has 0 spiro atoms. The lowest BCUT2D eigenvalue weighted by Crippen LogP contribution is -2.36. The fourth-order valence-corrected chi connectivity index (χ4v) is 4.64. The number of rotatable bonds is 13. The first-order chi connectivity index (χ1) is 16.5. The molecule has 6 nitrogen and oxygen atoms in total. The minimum atomic E-state index is -0.690. The van der Waals surface area contributed by atoms with Gasteiger partial charge >= 0.3 is 13.1 Å². The molecule has 7 heteroatoms. The molecule has 3 rings (SSSR count). The van der Waals surface area contributed by atoms with E-state index in [2.05, 4.69) is 25.2 Å². The number of aliphatic hydroxyl groups excluding tert-OH is 1. The van der Waals surface area contributed by atoms with Crippen molar-refractivity contribution in [2.75, 3.05) is 6.61 Å². The summed E-state index contributed by atoms with van der Waals surface area (Å²) >= 11 is 0. The van der Waals surface area contributed by atoms with Crippen molar-refractivity contribution in [3.8, 4) is 5.75 Å². The summed E-state index contributed by atoms with van der Waals surface area (Å²) < 4.78 is 23.2. The van der Waals surface area contributed by atoms with Crippen LogP contribution in [0.5, 0.6) is 5.75 Å². The van der Waals surface area contributed by atoms with Gasteiger partial charge in [-0.05, 0) is 63.9 Å². The van der Waals surface area contributed by atoms with Crippen LogP contribution in [0.2, 0.25) is 6.32 Å². The molecule has 1 aliphatic heterocycles. The summed E-state index contributed by atoms with van der Waals surface area (Å²) in [5.41, 5.74) is 0. The predicted octanol–water partition coefficient (Wildman–Crippen LogP) is 4.98. The number of carbonyl (C=O) groups is 1. The van der Waals surface area contributed by atoms with E-state index in [0.717, 1.165) is 37.8 Å². The SMILES string of the molecule is CCB1OC2CC(O1)C(CC=CCCCC(=O)OC(C)C)C2C=CC(O)COc1ccccc1. The molecule has 2 bridgehead atoms. The molecule has 1 aromatic rings. The maximum atomic E-state index is 11.7. The molecule has 2 fully saturated rings. The standard InChI is InChI=1S/C27H39BO6/c1-4-28-33-25-18-26(34-28)24(17-16-21(29)19-31-22-12-8-7-9-13-22)23(25)14-10-5-6-11-15-27(30)32-20(2)3/h5,7-10,12-13,16-17,20-21,23-26,29H,4,6,11,14-15,18-19H2,1-3H3. The molecular weight excluding hydrogens is 431 g/mol. The second-order valence-corrected chi connectivity index (χ2v) is 9.38. The molecular formula is C27H39BO6. The number of unbranched alkanes of at least 4 members (excludes halogenated alkanes) is 1. The van der Waals surface area contributed by atoms with Crippen LogP contribution in [-0.2, 0) is 18.8 Å². The van der Waals surface area contributed by atoms with Crippen LogP contribution >= 0.6 is 0 Å². The van der Waals surface area contributed by atoms with E-state index in [0.29, 0.717) is 12.3 Å². The minimum Gasteiger partial charge on any atom is -0.491 e. The van der Waals surface area contributed by atoms with Crippen molar-refractivity contribution in [3.63, 3.8) is 0 Å². The molecule has 5 atom stereocenters. The highest BCUT2D eigenvalue weighted by Gasteiger charge is 2.48. The van der Waals surface area contributed by atoms with Gasteiger partial charge in [-0.3, -0.25) is 4.79 Å². The van der Waals surface area contributed by atoms with Gasteiger partial charge in [0.05, 0.1) is 12.2 Å². The van der Waals surface area contributed by atoms with Crippen LogP contribution in [0.1, 0.15) is 52.9 Å². The van der Waals surface area contributed by atoms with E-state index < -0.39 is 6.10 Å². The lowest BCUT2D eigenvalue weighted by atomic mass is 9.83. The molecule has 34 heavy (non-hydrogen) atoms. The number of hydrogen-bond donors (Lipinski definition) is 1. The number of ether oxygens (including phenoxy) is 2. The van der Waals surface area contributed by atoms with Crippen LogP contribution in [0.15, 0.2) is 54.6 Å². The number of benzene rings is 1. The smallest absolute Gasteiger partial charge is 0.456 e. The monoisotopic (exact) mass is 470 g/mol. The van der Waals surface area contributed by atoms with Gasteiger partial charge in [0.2, 0.25) is 0 Å². The van der Waals surface area contributed by atoms with Crippen molar-refractivity contribution in [1.29, 1.82) is 0 Å². The Hall–Kier alpha value is -2.09. The third-order valence-corrected chi connectivity index (χ3v) is 6.27. The fraction of sp³-hybridized carbons (Fsp3) is 0.593. The molecule has 0 amide bonds. The quantitative estimate of drug-likeness (QED) is 0.190. The van der Waals surface area contributed by atoms with E-state index >= 15 is 0 Å². The summed E-state index contributed by atoms with van der Waals surface area (Å²) in [7, 11) is -0.160. The summed E-state index contributed by atoms with van der Waals surface area (Å²) in [5.74, 6) is 1.08. The van der Waals surface area contributed by atoms with Gasteiger partial charge in [-0.1, -0.05) is 49.4 Å². The highest BCUT2D eigenvalue weighted by atomic mass is 16.6. The summed E-state index contributed by atoms with van der Waals surface area (Å²) in [6.45, 7) is 6.01. The molecule has 186 valence electrons. The first-order valence-electron chi connectivity index (χ1n) is 12.7. The van der Waals surface area contributed by atoms with Crippen LogP contribution in [0.4, 0.5) is 0 Å². The van der Waals surface area contributed by atoms with Crippen molar-refractivity contribution in [1.82, 2.24) is 0 Å². The third kappa shape index (κ3) is 8.29. The van der Waals surface area contributed by atoms with Crippen molar-refractivity contribution < 1.29 is 28.7 Å². The fourth-order valence-electron chi connectivity index (χ4n) is 4.64. The molecule has 1 aliphatic carbocycles. The molecule has 0 aromatic heterocycles. The number of hydrogen-bond acceptors (Lipinski definition) is 6. The number of fused-ring (bicyclic) bond motifs is 2. The Balaban J connectivity index is 1.51. The van der Waals surface area contributed by atoms with E-state index in [1.54, 1.807) is 0 Å². The van der Waals surface area contributed by atoms with Gasteiger partial charge < -0.3 is 23.9 Å². The molecule has 1 N–H and O–H groups in total. The van der Waals surface area contributed by atoms with Crippen LogP contribution in [-0.4, -0.2) is 49.2 Å². The number of para-hydroxylation sites is 1. The number of carbonyl (C=O) groups excluding carboxylic acids is 1. The lowest BCUT2D eigenvalue weighted by molar-refractivity contribution is -0.147. The van der Waals surface area contributed by atoms with Gasteiger partial charge in [-0.2, -0.15) is 0 Å². The van der Waals surface area contributed by atoms with Crippen molar-refractivity contribution in [2.24, 2.45) is 11.8 Å². The average Bonchev–Trinajstić information content (AvgIpc) is 3.06. The zero-order valence-electron chi connectivity index (χ0n) is 20.7. The van der Waals surface area contributed by atoms with E-state index in [1.165, 1.54) is 0 Å². The van der Waals surface area contributed by atoms with Gasteiger partial charge in [-0.15, -0.1) is 0 Å². The number of allylic oxidation sites excluding steroid dienone is 2. The zero-order chi connectivity index (χ0) is 24.3. The number of esters is 1. The van der Waals surface area contributed by atoms with Gasteiger partial charge in [0.15, 0.2) is 0 Å². The Bertz CT molecular complexity index is 796. The molecule has 5 unspecified atom stereocenters. The van der Waals surface area contributed by atoms with Crippen molar-refractivity contribution in [2.45, 2.75) is 83.6 Å². The summed E-state index contributed by atoms with van der Waals surface area (Å²) in [6.07, 6.45) is 12.4. The van der Waals surface area contributed by atoms with Crippen LogP contribution < -0.4 is 4.74 Å². The highest BCUT2D eigenvalue weighted by molar-refractivity contribution is 6.44. The Morgan fingerprint density at radius 1 is 1.21 bits per heavy atom. The Morgan fingerprint density at radius 3 is 2.71 bits per heavy atom. The summed E-state index contributed by atoms with van der Waals surface area (Å²) in [4.78, 5) is 11.7. The second kappa shape index (κ2) is 13.7. The van der Waals surface area contributed by atoms with Crippen LogP contribution in [0.25, 0.3) is 0 Å².